The molecule has 2 aromatic carbocycles. The van der Waals surface area contributed by atoms with Crippen LogP contribution in [0.4, 0.5) is 4.39 Å². The molecule has 0 unspecified atom stereocenters. The number of ether oxygens (including phenoxy) is 1. The number of alkyl halides is 1. The number of rotatable bonds is 8. The third-order valence-corrected chi connectivity index (χ3v) is 9.18. The van der Waals surface area contributed by atoms with Gasteiger partial charge in [0.05, 0.1) is 12.1 Å². The van der Waals surface area contributed by atoms with Gasteiger partial charge in [-0.05, 0) is 86.4 Å². The molecular weight excluding hydrogens is 559 g/mol. The molecule has 6 rings (SSSR count). The lowest BCUT2D eigenvalue weighted by Gasteiger charge is -2.25. The number of halogens is 1. The van der Waals surface area contributed by atoms with E-state index in [-0.39, 0.29) is 48.7 Å². The number of likely N-dealkylation sites (tertiary alicyclic amines) is 1. The predicted molar refractivity (Wildman–Crippen MR) is 165 cm³/mol. The third-order valence-electron chi connectivity index (χ3n) is 9.18. The van der Waals surface area contributed by atoms with Gasteiger partial charge in [-0.25, -0.2) is 4.39 Å². The van der Waals surface area contributed by atoms with Gasteiger partial charge in [0.25, 0.3) is 5.91 Å². The normalized spacial score (nSPS) is 25.2. The van der Waals surface area contributed by atoms with Crippen molar-refractivity contribution in [1.29, 1.82) is 0 Å². The van der Waals surface area contributed by atoms with Crippen molar-refractivity contribution in [3.63, 3.8) is 0 Å². The van der Waals surface area contributed by atoms with Crippen LogP contribution in [0.3, 0.4) is 0 Å². The third kappa shape index (κ3) is 7.85. The lowest BCUT2D eigenvalue weighted by Crippen LogP contribution is -2.46. The van der Waals surface area contributed by atoms with Gasteiger partial charge in [0, 0.05) is 67.9 Å². The number of nitrogens with one attached hydrogen (secondary N) is 3. The van der Waals surface area contributed by atoms with Crippen molar-refractivity contribution in [1.82, 2.24) is 20.9 Å². The predicted octanol–water partition coefficient (Wildman–Crippen LogP) is 2.98. The van der Waals surface area contributed by atoms with Crippen LogP contribution >= 0.6 is 0 Å². The van der Waals surface area contributed by atoms with Gasteiger partial charge >= 0.3 is 0 Å². The van der Waals surface area contributed by atoms with Crippen LogP contribution in [-0.2, 0) is 20.7 Å². The number of amides is 3. The molecule has 4 fully saturated rings. The van der Waals surface area contributed by atoms with E-state index >= 15 is 0 Å². The van der Waals surface area contributed by atoms with Crippen molar-refractivity contribution in [2.75, 3.05) is 32.8 Å². The minimum atomic E-state index is -1.02. The van der Waals surface area contributed by atoms with Gasteiger partial charge in [-0.15, -0.1) is 0 Å². The molecule has 8 nitrogen and oxygen atoms in total. The SMILES string of the molecule is O=C(NC[C@H]1C[C@@H](NC(=O)[C@@H]2C[C@H](F)CN2)CN1C(=O)C1CC1)c1ccc(C#Cc2ccc(CC3CCOCC3)cc2)cc1. The monoisotopic (exact) mass is 600 g/mol. The van der Waals surface area contributed by atoms with Crippen LogP contribution < -0.4 is 16.0 Å². The van der Waals surface area contributed by atoms with Gasteiger partial charge in [0.1, 0.15) is 6.17 Å². The average molecular weight is 601 g/mol. The summed E-state index contributed by atoms with van der Waals surface area (Å²) < 4.78 is 19.0. The lowest BCUT2D eigenvalue weighted by molar-refractivity contribution is -0.133. The van der Waals surface area contributed by atoms with E-state index in [4.69, 9.17) is 4.74 Å². The van der Waals surface area contributed by atoms with Crippen LogP contribution in [0, 0.1) is 23.7 Å². The fraction of sp³-hybridized carbons (Fsp3) is 0.514. The maximum atomic E-state index is 13.5. The summed E-state index contributed by atoms with van der Waals surface area (Å²) in [4.78, 5) is 40.4. The Morgan fingerprint density at radius 3 is 2.25 bits per heavy atom. The van der Waals surface area contributed by atoms with Crippen LogP contribution in [0.2, 0.25) is 0 Å². The molecule has 4 aliphatic rings. The summed E-state index contributed by atoms with van der Waals surface area (Å²) in [5.74, 6) is 6.75. The lowest BCUT2D eigenvalue weighted by atomic mass is 9.92. The van der Waals surface area contributed by atoms with Gasteiger partial charge < -0.3 is 25.6 Å². The van der Waals surface area contributed by atoms with E-state index < -0.39 is 12.2 Å². The molecule has 44 heavy (non-hydrogen) atoms. The minimum Gasteiger partial charge on any atom is -0.381 e. The molecule has 3 saturated heterocycles. The molecule has 2 aromatic rings. The number of nitrogens with zero attached hydrogens (tertiary/aromatic N) is 1. The zero-order valence-corrected chi connectivity index (χ0v) is 25.0. The number of hydrogen-bond donors (Lipinski definition) is 3. The quantitative estimate of drug-likeness (QED) is 0.405. The van der Waals surface area contributed by atoms with Crippen LogP contribution in [-0.4, -0.2) is 79.8 Å². The van der Waals surface area contributed by atoms with Crippen molar-refractivity contribution >= 4 is 17.7 Å². The smallest absolute Gasteiger partial charge is 0.251 e. The molecule has 3 heterocycles. The molecule has 0 bridgehead atoms. The molecule has 9 heteroatoms. The Morgan fingerprint density at radius 1 is 0.932 bits per heavy atom. The van der Waals surface area contributed by atoms with Crippen molar-refractivity contribution < 1.29 is 23.5 Å². The molecule has 0 spiro atoms. The van der Waals surface area contributed by atoms with Gasteiger partial charge in [0.2, 0.25) is 11.8 Å². The zero-order valence-electron chi connectivity index (χ0n) is 25.0. The van der Waals surface area contributed by atoms with Gasteiger partial charge in [-0.1, -0.05) is 24.0 Å². The molecule has 3 N–H and O–H groups in total. The largest absolute Gasteiger partial charge is 0.381 e. The molecule has 4 atom stereocenters. The van der Waals surface area contributed by atoms with Gasteiger partial charge in [-0.3, -0.25) is 14.4 Å². The van der Waals surface area contributed by atoms with Crippen molar-refractivity contribution in [2.45, 2.75) is 69.2 Å². The molecule has 3 aliphatic heterocycles. The van der Waals surface area contributed by atoms with Crippen molar-refractivity contribution in [3.05, 3.63) is 70.8 Å². The van der Waals surface area contributed by atoms with Gasteiger partial charge in [-0.2, -0.15) is 0 Å². The molecule has 0 radical (unpaired) electrons. The highest BCUT2D eigenvalue weighted by molar-refractivity contribution is 5.94. The highest BCUT2D eigenvalue weighted by atomic mass is 19.1. The molecule has 1 saturated carbocycles. The summed E-state index contributed by atoms with van der Waals surface area (Å²) >= 11 is 0. The summed E-state index contributed by atoms with van der Waals surface area (Å²) in [6.45, 7) is 2.60. The van der Waals surface area contributed by atoms with E-state index in [0.29, 0.717) is 31.0 Å². The topological polar surface area (TPSA) is 99.8 Å². The Balaban J connectivity index is 1.00. The van der Waals surface area contributed by atoms with E-state index in [0.717, 1.165) is 56.4 Å². The first kappa shape index (κ1) is 30.3. The molecule has 0 aromatic heterocycles. The van der Waals surface area contributed by atoms with E-state index in [1.807, 2.05) is 12.1 Å². The first-order valence-electron chi connectivity index (χ1n) is 16.0. The fourth-order valence-corrected chi connectivity index (χ4v) is 6.41. The standard InChI is InChI=1S/C35H41FN4O4/c36-29-18-32(37-20-29)34(42)39-30-19-31(40(22-30)35(43)28-11-12-28)21-38-33(41)27-9-7-24(8-10-27)2-1-23-3-5-25(6-4-23)17-26-13-15-44-16-14-26/h3-10,26,28-32,37H,11-22H2,(H,38,41)(H,39,42)/t29-,30+,31+,32-/m0/s1. The Morgan fingerprint density at radius 2 is 1.61 bits per heavy atom. The van der Waals surface area contributed by atoms with Crippen LogP contribution in [0.5, 0.6) is 0 Å². The Kier molecular flexibility index (Phi) is 9.58. The second-order valence-corrected chi connectivity index (χ2v) is 12.6. The molecule has 1 aliphatic carbocycles. The fourth-order valence-electron chi connectivity index (χ4n) is 6.41. The minimum absolute atomic E-state index is 0.0372. The summed E-state index contributed by atoms with van der Waals surface area (Å²) in [6.07, 6.45) is 4.77. The second-order valence-electron chi connectivity index (χ2n) is 12.6. The summed E-state index contributed by atoms with van der Waals surface area (Å²) in [6, 6.07) is 14.6. The highest BCUT2D eigenvalue weighted by Crippen LogP contribution is 2.33. The van der Waals surface area contributed by atoms with E-state index in [1.165, 1.54) is 5.56 Å². The van der Waals surface area contributed by atoms with Crippen molar-refractivity contribution in [2.24, 2.45) is 11.8 Å². The Hall–Kier alpha value is -3.74. The van der Waals surface area contributed by atoms with E-state index in [9.17, 15) is 18.8 Å². The molecule has 232 valence electrons. The molecule has 3 amide bonds. The van der Waals surface area contributed by atoms with Crippen LogP contribution in [0.1, 0.15) is 65.6 Å². The number of carbonyl (C=O) groups is 3. The first-order chi connectivity index (χ1) is 21.4. The van der Waals surface area contributed by atoms with Crippen molar-refractivity contribution in [3.8, 4) is 11.8 Å². The molecular formula is C35H41FN4O4. The average Bonchev–Trinajstić information content (AvgIpc) is 3.68. The summed E-state index contributed by atoms with van der Waals surface area (Å²) in [7, 11) is 0. The van der Waals surface area contributed by atoms with Crippen LogP contribution in [0.25, 0.3) is 0 Å². The second kappa shape index (κ2) is 13.9. The summed E-state index contributed by atoms with van der Waals surface area (Å²) in [5, 5.41) is 8.88. The zero-order chi connectivity index (χ0) is 30.5. The Labute approximate surface area is 258 Å². The van der Waals surface area contributed by atoms with Crippen LogP contribution in [0.15, 0.2) is 48.5 Å². The number of benzene rings is 2. The highest BCUT2D eigenvalue weighted by Gasteiger charge is 2.42. The number of hydrogen-bond acceptors (Lipinski definition) is 5. The summed E-state index contributed by atoms with van der Waals surface area (Å²) in [5.41, 5.74) is 3.61. The van der Waals surface area contributed by atoms with Gasteiger partial charge in [0.15, 0.2) is 0 Å². The first-order valence-corrected chi connectivity index (χ1v) is 16.0. The maximum absolute atomic E-state index is 13.5. The number of carbonyl (C=O) groups excluding carboxylic acids is 3. The van der Waals surface area contributed by atoms with E-state index in [1.54, 1.807) is 17.0 Å². The Bertz CT molecular complexity index is 1390. The maximum Gasteiger partial charge on any atom is 0.251 e. The van der Waals surface area contributed by atoms with E-state index in [2.05, 4.69) is 52.1 Å².